The number of rotatable bonds is 3. The second-order valence-electron chi connectivity index (χ2n) is 2.69. The number of hydrogen-bond acceptors (Lipinski definition) is 2. The van der Waals surface area contributed by atoms with Crippen LogP contribution in [0.15, 0.2) is 0 Å². The van der Waals surface area contributed by atoms with E-state index in [0.717, 1.165) is 19.0 Å². The molecule has 0 aromatic carbocycles. The van der Waals surface area contributed by atoms with Crippen LogP contribution in [0.25, 0.3) is 0 Å². The van der Waals surface area contributed by atoms with Gasteiger partial charge in [0, 0.05) is 24.8 Å². The van der Waals surface area contributed by atoms with Crippen LogP contribution in [0.3, 0.4) is 0 Å². The van der Waals surface area contributed by atoms with Gasteiger partial charge in [-0.2, -0.15) is 11.8 Å². The lowest BCUT2D eigenvalue weighted by molar-refractivity contribution is 0.566. The maximum Gasteiger partial charge on any atom is 0.0214 e. The highest BCUT2D eigenvalue weighted by atomic mass is 32.2. The standard InChI is InChI=1S/C9H15NS/c1-2-3-4-6-10-9-5-7-11-8-9/h9-10H,4-8H2,1H3. The van der Waals surface area contributed by atoms with Gasteiger partial charge in [0.2, 0.25) is 0 Å². The molecule has 0 saturated carbocycles. The molecule has 11 heavy (non-hydrogen) atoms. The maximum atomic E-state index is 3.49. The lowest BCUT2D eigenvalue weighted by atomic mass is 10.2. The SMILES string of the molecule is CC#CCCNC1CCSC1. The summed E-state index contributed by atoms with van der Waals surface area (Å²) in [5.41, 5.74) is 0. The number of hydrogen-bond donors (Lipinski definition) is 1. The van der Waals surface area contributed by atoms with Crippen LogP contribution in [-0.4, -0.2) is 24.1 Å². The van der Waals surface area contributed by atoms with Crippen LogP contribution in [0.1, 0.15) is 19.8 Å². The Labute approximate surface area is 73.3 Å². The van der Waals surface area contributed by atoms with Crippen molar-refractivity contribution in [3.8, 4) is 11.8 Å². The fraction of sp³-hybridized carbons (Fsp3) is 0.778. The fourth-order valence-electron chi connectivity index (χ4n) is 1.16. The lowest BCUT2D eigenvalue weighted by Gasteiger charge is -2.08. The van der Waals surface area contributed by atoms with Gasteiger partial charge >= 0.3 is 0 Å². The van der Waals surface area contributed by atoms with Crippen molar-refractivity contribution < 1.29 is 0 Å². The van der Waals surface area contributed by atoms with E-state index in [1.807, 2.05) is 18.7 Å². The van der Waals surface area contributed by atoms with E-state index in [0.29, 0.717) is 0 Å². The van der Waals surface area contributed by atoms with Gasteiger partial charge < -0.3 is 5.32 Å². The Balaban J connectivity index is 1.96. The fourth-order valence-corrected chi connectivity index (χ4v) is 2.35. The van der Waals surface area contributed by atoms with E-state index in [1.165, 1.54) is 17.9 Å². The number of nitrogens with one attached hydrogen (secondary N) is 1. The Morgan fingerprint density at radius 2 is 2.55 bits per heavy atom. The highest BCUT2D eigenvalue weighted by molar-refractivity contribution is 7.99. The molecule has 1 heterocycles. The molecule has 0 amide bonds. The normalized spacial score (nSPS) is 22.8. The van der Waals surface area contributed by atoms with E-state index in [2.05, 4.69) is 17.2 Å². The highest BCUT2D eigenvalue weighted by Gasteiger charge is 2.13. The lowest BCUT2D eigenvalue weighted by Crippen LogP contribution is -2.29. The predicted molar refractivity (Wildman–Crippen MR) is 51.8 cm³/mol. The van der Waals surface area contributed by atoms with Gasteiger partial charge in [-0.1, -0.05) is 0 Å². The largest absolute Gasteiger partial charge is 0.312 e. The van der Waals surface area contributed by atoms with Crippen molar-refractivity contribution in [3.63, 3.8) is 0 Å². The molecule has 1 fully saturated rings. The summed E-state index contributed by atoms with van der Waals surface area (Å²) in [6.07, 6.45) is 2.34. The molecule has 1 unspecified atom stereocenters. The predicted octanol–water partition coefficient (Wildman–Crippen LogP) is 1.49. The van der Waals surface area contributed by atoms with Crippen LogP contribution < -0.4 is 5.32 Å². The van der Waals surface area contributed by atoms with Gasteiger partial charge in [-0.15, -0.1) is 11.8 Å². The summed E-state index contributed by atoms with van der Waals surface area (Å²) in [5.74, 6) is 8.57. The van der Waals surface area contributed by atoms with E-state index in [4.69, 9.17) is 0 Å². The van der Waals surface area contributed by atoms with Crippen molar-refractivity contribution in [2.24, 2.45) is 0 Å². The third-order valence-electron chi connectivity index (χ3n) is 1.79. The van der Waals surface area contributed by atoms with Crippen molar-refractivity contribution in [2.75, 3.05) is 18.1 Å². The van der Waals surface area contributed by atoms with Gasteiger partial charge in [-0.3, -0.25) is 0 Å². The van der Waals surface area contributed by atoms with Crippen LogP contribution in [0, 0.1) is 11.8 Å². The molecule has 0 spiro atoms. The Morgan fingerprint density at radius 3 is 3.18 bits per heavy atom. The Hall–Kier alpha value is -0.130. The maximum absolute atomic E-state index is 3.49. The van der Waals surface area contributed by atoms with E-state index in [-0.39, 0.29) is 0 Å². The molecular weight excluding hydrogens is 154 g/mol. The monoisotopic (exact) mass is 169 g/mol. The quantitative estimate of drug-likeness (QED) is 0.507. The third kappa shape index (κ3) is 3.69. The minimum Gasteiger partial charge on any atom is -0.312 e. The van der Waals surface area contributed by atoms with E-state index in [1.54, 1.807) is 0 Å². The third-order valence-corrected chi connectivity index (χ3v) is 2.95. The molecule has 1 rings (SSSR count). The summed E-state index contributed by atoms with van der Waals surface area (Å²) in [6.45, 7) is 2.96. The molecule has 1 N–H and O–H groups in total. The average Bonchev–Trinajstić information content (AvgIpc) is 2.50. The summed E-state index contributed by atoms with van der Waals surface area (Å²) in [4.78, 5) is 0. The summed E-state index contributed by atoms with van der Waals surface area (Å²) in [5, 5.41) is 3.49. The van der Waals surface area contributed by atoms with Crippen molar-refractivity contribution >= 4 is 11.8 Å². The Kier molecular flexibility index (Phi) is 4.49. The molecule has 0 radical (unpaired) electrons. The zero-order valence-electron chi connectivity index (χ0n) is 7.02. The van der Waals surface area contributed by atoms with E-state index in [9.17, 15) is 0 Å². The highest BCUT2D eigenvalue weighted by Crippen LogP contribution is 2.16. The number of thioether (sulfide) groups is 1. The summed E-state index contributed by atoms with van der Waals surface area (Å²) < 4.78 is 0. The van der Waals surface area contributed by atoms with Crippen molar-refractivity contribution in [1.82, 2.24) is 5.32 Å². The summed E-state index contributed by atoms with van der Waals surface area (Å²) in [7, 11) is 0. The first-order valence-electron chi connectivity index (χ1n) is 4.14. The molecule has 0 aromatic heterocycles. The molecular formula is C9H15NS. The smallest absolute Gasteiger partial charge is 0.0214 e. The second kappa shape index (κ2) is 5.51. The minimum absolute atomic E-state index is 0.763. The van der Waals surface area contributed by atoms with Crippen molar-refractivity contribution in [2.45, 2.75) is 25.8 Å². The van der Waals surface area contributed by atoms with Gasteiger partial charge in [0.15, 0.2) is 0 Å². The topological polar surface area (TPSA) is 12.0 Å². The van der Waals surface area contributed by atoms with E-state index < -0.39 is 0 Å². The van der Waals surface area contributed by atoms with Crippen molar-refractivity contribution in [1.29, 1.82) is 0 Å². The average molecular weight is 169 g/mol. The van der Waals surface area contributed by atoms with Gasteiger partial charge in [0.05, 0.1) is 0 Å². The summed E-state index contributed by atoms with van der Waals surface area (Å²) >= 11 is 2.05. The first kappa shape index (κ1) is 8.96. The minimum atomic E-state index is 0.763. The molecule has 0 aromatic rings. The molecule has 1 aliphatic heterocycles. The summed E-state index contributed by atoms with van der Waals surface area (Å²) in [6, 6.07) is 0.763. The molecule has 2 heteroatoms. The van der Waals surface area contributed by atoms with Gasteiger partial charge in [-0.25, -0.2) is 0 Å². The van der Waals surface area contributed by atoms with E-state index >= 15 is 0 Å². The van der Waals surface area contributed by atoms with Gasteiger partial charge in [0.1, 0.15) is 0 Å². The second-order valence-corrected chi connectivity index (χ2v) is 3.84. The first-order valence-corrected chi connectivity index (χ1v) is 5.29. The molecule has 1 atom stereocenters. The molecule has 1 aliphatic rings. The first-order chi connectivity index (χ1) is 5.43. The van der Waals surface area contributed by atoms with Crippen LogP contribution in [-0.2, 0) is 0 Å². The zero-order valence-corrected chi connectivity index (χ0v) is 7.84. The van der Waals surface area contributed by atoms with Gasteiger partial charge in [0.25, 0.3) is 0 Å². The van der Waals surface area contributed by atoms with Crippen molar-refractivity contribution in [3.05, 3.63) is 0 Å². The Morgan fingerprint density at radius 1 is 1.64 bits per heavy atom. The van der Waals surface area contributed by atoms with Crippen LogP contribution in [0.5, 0.6) is 0 Å². The molecule has 0 bridgehead atoms. The van der Waals surface area contributed by atoms with Gasteiger partial charge in [-0.05, 0) is 19.1 Å². The van der Waals surface area contributed by atoms with Crippen LogP contribution in [0.4, 0.5) is 0 Å². The molecule has 1 nitrogen and oxygen atoms in total. The molecule has 62 valence electrons. The molecule has 0 aliphatic carbocycles. The zero-order chi connectivity index (χ0) is 7.94. The van der Waals surface area contributed by atoms with Crippen LogP contribution in [0.2, 0.25) is 0 Å². The Bertz CT molecular complexity index is 151. The van der Waals surface area contributed by atoms with Crippen LogP contribution >= 0.6 is 11.8 Å². The molecule has 1 saturated heterocycles.